The topological polar surface area (TPSA) is 81.9 Å². The summed E-state index contributed by atoms with van der Waals surface area (Å²) in [4.78, 5) is 21.8. The molecule has 7 nitrogen and oxygen atoms in total. The van der Waals surface area contributed by atoms with Crippen molar-refractivity contribution in [1.82, 2.24) is 25.1 Å². The Bertz CT molecular complexity index is 953. The van der Waals surface area contributed by atoms with E-state index in [0.717, 1.165) is 18.7 Å². The van der Waals surface area contributed by atoms with E-state index in [-0.39, 0.29) is 24.4 Å². The van der Waals surface area contributed by atoms with Crippen LogP contribution >= 0.6 is 11.3 Å². The second kappa shape index (κ2) is 7.43. The monoisotopic (exact) mass is 387 g/mol. The first-order chi connectivity index (χ1) is 13.1. The largest absolute Gasteiger partial charge is 0.486 e. The standard InChI is InChI=1S/C18H18FN5O2S/c1-11-17(18(25)23-13-4-7-15-20-10-21-24(15)8-13)27-16(22-11)9-26-14-5-2-12(19)3-6-14/h2-3,5-6,10,13H,4,7-9H2,1H3,(H,23,25). The Kier molecular flexibility index (Phi) is 4.85. The van der Waals surface area contributed by atoms with Gasteiger partial charge in [0.1, 0.15) is 40.2 Å². The molecular formula is C18H18FN5O2S. The first-order valence-electron chi connectivity index (χ1n) is 8.60. The average molecular weight is 387 g/mol. The number of fused-ring (bicyclic) bond motifs is 1. The molecule has 3 heterocycles. The minimum Gasteiger partial charge on any atom is -0.486 e. The Morgan fingerprint density at radius 3 is 3.04 bits per heavy atom. The number of hydrogen-bond donors (Lipinski definition) is 1. The number of rotatable bonds is 5. The van der Waals surface area contributed by atoms with Gasteiger partial charge in [-0.2, -0.15) is 5.10 Å². The lowest BCUT2D eigenvalue weighted by atomic mass is 10.1. The summed E-state index contributed by atoms with van der Waals surface area (Å²) in [6, 6.07) is 5.82. The quantitative estimate of drug-likeness (QED) is 0.727. The van der Waals surface area contributed by atoms with Crippen LogP contribution in [0.2, 0.25) is 0 Å². The molecule has 1 aliphatic heterocycles. The number of carbonyl (C=O) groups is 1. The van der Waals surface area contributed by atoms with Crippen LogP contribution in [0.1, 0.15) is 32.6 Å². The number of hydrogen-bond acceptors (Lipinski definition) is 6. The van der Waals surface area contributed by atoms with Gasteiger partial charge in [0.25, 0.3) is 5.91 Å². The van der Waals surface area contributed by atoms with E-state index in [2.05, 4.69) is 20.4 Å². The molecular weight excluding hydrogens is 369 g/mol. The molecule has 1 unspecified atom stereocenters. The number of thiazole rings is 1. The second-order valence-electron chi connectivity index (χ2n) is 6.33. The van der Waals surface area contributed by atoms with Gasteiger partial charge in [0.05, 0.1) is 12.2 Å². The van der Waals surface area contributed by atoms with E-state index in [9.17, 15) is 9.18 Å². The minimum absolute atomic E-state index is 0.0205. The molecule has 9 heteroatoms. The van der Waals surface area contributed by atoms with E-state index >= 15 is 0 Å². The molecule has 0 radical (unpaired) electrons. The summed E-state index contributed by atoms with van der Waals surface area (Å²) in [6.45, 7) is 2.67. The minimum atomic E-state index is -0.313. The third kappa shape index (κ3) is 3.97. The van der Waals surface area contributed by atoms with Gasteiger partial charge in [-0.25, -0.2) is 19.0 Å². The van der Waals surface area contributed by atoms with Gasteiger partial charge in [0, 0.05) is 12.5 Å². The molecule has 3 aromatic rings. The van der Waals surface area contributed by atoms with E-state index in [1.165, 1.54) is 23.5 Å². The lowest BCUT2D eigenvalue weighted by Gasteiger charge is -2.23. The first-order valence-corrected chi connectivity index (χ1v) is 9.42. The predicted octanol–water partition coefficient (Wildman–Crippen LogP) is 2.51. The van der Waals surface area contributed by atoms with Crippen LogP contribution in [0.4, 0.5) is 4.39 Å². The summed E-state index contributed by atoms with van der Waals surface area (Å²) in [6.07, 6.45) is 3.17. The van der Waals surface area contributed by atoms with Crippen molar-refractivity contribution in [3.8, 4) is 5.75 Å². The van der Waals surface area contributed by atoms with Crippen LogP contribution in [0.15, 0.2) is 30.6 Å². The fourth-order valence-corrected chi connectivity index (χ4v) is 3.89. The van der Waals surface area contributed by atoms with Gasteiger partial charge in [-0.1, -0.05) is 0 Å². The zero-order chi connectivity index (χ0) is 18.8. The van der Waals surface area contributed by atoms with Crippen LogP contribution in [-0.4, -0.2) is 31.7 Å². The average Bonchev–Trinajstić information content (AvgIpc) is 3.27. The Labute approximate surface area is 159 Å². The molecule has 0 aliphatic carbocycles. The molecule has 0 saturated carbocycles. The number of amides is 1. The SMILES string of the molecule is Cc1nc(COc2ccc(F)cc2)sc1C(=O)NC1CCc2ncnn2C1. The number of aryl methyl sites for hydroxylation is 2. The number of nitrogens with zero attached hydrogens (tertiary/aromatic N) is 4. The highest BCUT2D eigenvalue weighted by atomic mass is 32.1. The lowest BCUT2D eigenvalue weighted by Crippen LogP contribution is -2.41. The maximum Gasteiger partial charge on any atom is 0.263 e. The van der Waals surface area contributed by atoms with Crippen LogP contribution in [0.25, 0.3) is 0 Å². The molecule has 1 aliphatic rings. The predicted molar refractivity (Wildman–Crippen MR) is 97.2 cm³/mol. The zero-order valence-corrected chi connectivity index (χ0v) is 15.5. The van der Waals surface area contributed by atoms with Crippen LogP contribution < -0.4 is 10.1 Å². The first kappa shape index (κ1) is 17.6. The van der Waals surface area contributed by atoms with Crippen LogP contribution in [-0.2, 0) is 19.6 Å². The van der Waals surface area contributed by atoms with Crippen LogP contribution in [0.3, 0.4) is 0 Å². The van der Waals surface area contributed by atoms with Crippen molar-refractivity contribution in [3.63, 3.8) is 0 Å². The summed E-state index contributed by atoms with van der Waals surface area (Å²) in [5.74, 6) is 1.06. The van der Waals surface area contributed by atoms with Crippen molar-refractivity contribution in [1.29, 1.82) is 0 Å². The maximum atomic E-state index is 12.9. The molecule has 4 rings (SSSR count). The van der Waals surface area contributed by atoms with E-state index in [1.807, 2.05) is 11.6 Å². The van der Waals surface area contributed by atoms with Crippen LogP contribution in [0.5, 0.6) is 5.75 Å². The highest BCUT2D eigenvalue weighted by Gasteiger charge is 2.24. The van der Waals surface area contributed by atoms with Crippen LogP contribution in [0, 0.1) is 12.7 Å². The number of carbonyl (C=O) groups excluding carboxylic acids is 1. The summed E-state index contributed by atoms with van der Waals surface area (Å²) < 4.78 is 20.4. The Morgan fingerprint density at radius 2 is 2.22 bits per heavy atom. The van der Waals surface area contributed by atoms with Crippen molar-refractivity contribution >= 4 is 17.2 Å². The smallest absolute Gasteiger partial charge is 0.263 e. The number of aromatic nitrogens is 4. The maximum absolute atomic E-state index is 12.9. The summed E-state index contributed by atoms with van der Waals surface area (Å²) in [7, 11) is 0. The molecule has 0 saturated heterocycles. The van der Waals surface area contributed by atoms with Crippen molar-refractivity contribution in [2.75, 3.05) is 0 Å². The van der Waals surface area contributed by atoms with Crippen molar-refractivity contribution in [3.05, 3.63) is 57.8 Å². The number of halogens is 1. The molecule has 2 aromatic heterocycles. The van der Waals surface area contributed by atoms with Gasteiger partial charge in [-0.3, -0.25) is 4.79 Å². The third-order valence-corrected chi connectivity index (χ3v) is 5.49. The molecule has 1 N–H and O–H groups in total. The third-order valence-electron chi connectivity index (χ3n) is 4.36. The fourth-order valence-electron chi connectivity index (χ4n) is 3.01. The fraction of sp³-hybridized carbons (Fsp3) is 0.333. The highest BCUT2D eigenvalue weighted by Crippen LogP contribution is 2.21. The number of nitrogens with one attached hydrogen (secondary N) is 1. The van der Waals surface area contributed by atoms with Gasteiger partial charge in [0.15, 0.2) is 0 Å². The second-order valence-corrected chi connectivity index (χ2v) is 7.42. The Balaban J connectivity index is 1.37. The van der Waals surface area contributed by atoms with Crippen molar-refractivity contribution in [2.45, 2.75) is 39.0 Å². The summed E-state index contributed by atoms with van der Waals surface area (Å²) in [5.41, 5.74) is 0.674. The Hall–Kier alpha value is -2.81. The van der Waals surface area contributed by atoms with Gasteiger partial charge in [0.2, 0.25) is 0 Å². The van der Waals surface area contributed by atoms with E-state index in [1.54, 1.807) is 18.5 Å². The zero-order valence-electron chi connectivity index (χ0n) is 14.7. The molecule has 1 amide bonds. The molecule has 0 fully saturated rings. The normalized spacial score (nSPS) is 16.0. The van der Waals surface area contributed by atoms with E-state index < -0.39 is 0 Å². The highest BCUT2D eigenvalue weighted by molar-refractivity contribution is 7.13. The van der Waals surface area contributed by atoms with Crippen molar-refractivity contribution in [2.24, 2.45) is 0 Å². The van der Waals surface area contributed by atoms with Gasteiger partial charge < -0.3 is 10.1 Å². The van der Waals surface area contributed by atoms with E-state index in [0.29, 0.717) is 27.9 Å². The van der Waals surface area contributed by atoms with Crippen molar-refractivity contribution < 1.29 is 13.9 Å². The summed E-state index contributed by atoms with van der Waals surface area (Å²) in [5, 5.41) is 7.93. The molecule has 140 valence electrons. The molecule has 0 spiro atoms. The number of ether oxygens (including phenoxy) is 1. The Morgan fingerprint density at radius 1 is 1.41 bits per heavy atom. The van der Waals surface area contributed by atoms with Gasteiger partial charge in [-0.05, 0) is 37.6 Å². The molecule has 1 aromatic carbocycles. The molecule has 27 heavy (non-hydrogen) atoms. The van der Waals surface area contributed by atoms with E-state index in [4.69, 9.17) is 4.74 Å². The molecule has 0 bridgehead atoms. The summed E-state index contributed by atoms with van der Waals surface area (Å²) >= 11 is 1.31. The van der Waals surface area contributed by atoms with Gasteiger partial charge >= 0.3 is 0 Å². The molecule has 1 atom stereocenters. The van der Waals surface area contributed by atoms with Gasteiger partial charge in [-0.15, -0.1) is 11.3 Å². The lowest BCUT2D eigenvalue weighted by molar-refractivity contribution is 0.0929. The number of benzene rings is 1.